The lowest BCUT2D eigenvalue weighted by molar-refractivity contribution is 0.489. The van der Waals surface area contributed by atoms with Crippen LogP contribution in [0.2, 0.25) is 0 Å². The van der Waals surface area contributed by atoms with Crippen LogP contribution in [0, 0.1) is 0 Å². The highest BCUT2D eigenvalue weighted by atomic mass is 16.5. The van der Waals surface area contributed by atoms with Crippen LogP contribution in [0.4, 0.5) is 0 Å². The van der Waals surface area contributed by atoms with Crippen molar-refractivity contribution in [3.8, 4) is 44.9 Å². The van der Waals surface area contributed by atoms with Crippen molar-refractivity contribution in [1.29, 1.82) is 0 Å². The lowest BCUT2D eigenvalue weighted by Crippen LogP contribution is -2.28. The molecule has 0 fully saturated rings. The van der Waals surface area contributed by atoms with Crippen LogP contribution in [0.5, 0.6) is 11.5 Å². The average Bonchev–Trinajstić information content (AvgIpc) is 3.36. The van der Waals surface area contributed by atoms with Gasteiger partial charge in [0.05, 0.1) is 5.41 Å². The molecule has 196 valence electrons. The third-order valence-electron chi connectivity index (χ3n) is 9.16. The van der Waals surface area contributed by atoms with Crippen molar-refractivity contribution in [3.63, 3.8) is 0 Å². The Kier molecular flexibility index (Phi) is 4.88. The minimum atomic E-state index is -0.433. The van der Waals surface area contributed by atoms with Gasteiger partial charge in [-0.25, -0.2) is 0 Å². The van der Waals surface area contributed by atoms with E-state index in [4.69, 9.17) is 4.74 Å². The smallest absolute Gasteiger partial charge is 0.143 e. The molecule has 42 heavy (non-hydrogen) atoms. The highest BCUT2D eigenvalue weighted by Crippen LogP contribution is 2.57. The molecule has 0 unspecified atom stereocenters. The summed E-state index contributed by atoms with van der Waals surface area (Å²) >= 11 is 0. The molecule has 1 heterocycles. The molecular formula is C41H26O. The fourth-order valence-corrected chi connectivity index (χ4v) is 7.40. The summed E-state index contributed by atoms with van der Waals surface area (Å²) in [6.45, 7) is 0. The van der Waals surface area contributed by atoms with Crippen LogP contribution in [0.3, 0.4) is 0 Å². The van der Waals surface area contributed by atoms with Crippen LogP contribution in [-0.2, 0) is 5.41 Å². The van der Waals surface area contributed by atoms with Gasteiger partial charge >= 0.3 is 0 Å². The van der Waals surface area contributed by atoms with Crippen LogP contribution < -0.4 is 4.74 Å². The molecule has 1 heteroatoms. The zero-order valence-electron chi connectivity index (χ0n) is 22.9. The Morgan fingerprint density at radius 3 is 1.81 bits per heavy atom. The van der Waals surface area contributed by atoms with E-state index in [1.807, 2.05) is 6.07 Å². The summed E-state index contributed by atoms with van der Waals surface area (Å²) in [7, 11) is 0. The zero-order chi connectivity index (χ0) is 27.7. The first-order chi connectivity index (χ1) is 20.8. The van der Waals surface area contributed by atoms with Gasteiger partial charge in [-0.05, 0) is 68.1 Å². The molecule has 0 spiro atoms. The molecular weight excluding hydrogens is 508 g/mol. The second kappa shape index (κ2) is 8.80. The summed E-state index contributed by atoms with van der Waals surface area (Å²) in [5.41, 5.74) is 11.9. The Balaban J connectivity index is 1.35. The van der Waals surface area contributed by atoms with Gasteiger partial charge in [-0.2, -0.15) is 0 Å². The van der Waals surface area contributed by atoms with E-state index in [1.54, 1.807) is 0 Å². The minimum Gasteiger partial charge on any atom is -0.455 e. The number of ether oxygens (including phenoxy) is 1. The first-order valence-corrected chi connectivity index (χ1v) is 14.5. The molecule has 1 aliphatic heterocycles. The molecule has 7 aromatic carbocycles. The Morgan fingerprint density at radius 1 is 0.405 bits per heavy atom. The molecule has 0 aromatic heterocycles. The number of hydrogen-bond donors (Lipinski definition) is 0. The maximum absolute atomic E-state index is 6.74. The van der Waals surface area contributed by atoms with Gasteiger partial charge in [0.15, 0.2) is 0 Å². The minimum absolute atomic E-state index is 0.433. The fraction of sp³-hybridized carbons (Fsp3) is 0.0244. The van der Waals surface area contributed by atoms with Crippen LogP contribution >= 0.6 is 0 Å². The molecule has 0 radical (unpaired) electrons. The average molecular weight is 535 g/mol. The van der Waals surface area contributed by atoms with E-state index in [2.05, 4.69) is 152 Å². The number of fused-ring (bicyclic) bond motifs is 5. The Hall–Kier alpha value is -5.40. The molecule has 0 saturated carbocycles. The van der Waals surface area contributed by atoms with Gasteiger partial charge in [0.1, 0.15) is 11.5 Å². The van der Waals surface area contributed by atoms with Gasteiger partial charge in [0, 0.05) is 16.5 Å². The van der Waals surface area contributed by atoms with Gasteiger partial charge < -0.3 is 4.74 Å². The van der Waals surface area contributed by atoms with Crippen molar-refractivity contribution in [2.45, 2.75) is 5.41 Å². The molecule has 0 N–H and O–H groups in total. The normalized spacial score (nSPS) is 13.6. The van der Waals surface area contributed by atoms with E-state index in [0.717, 1.165) is 28.2 Å². The SMILES string of the molecule is c1ccc(C2(c3ccccc3)c3ccccc3-c3ccc(-c4ccc5cccc6c5c4Oc4ccccc4-6)cc32)cc1. The van der Waals surface area contributed by atoms with E-state index in [1.165, 1.54) is 49.7 Å². The molecule has 1 aliphatic carbocycles. The summed E-state index contributed by atoms with van der Waals surface area (Å²) in [6, 6.07) is 57.2. The second-order valence-electron chi connectivity index (χ2n) is 11.2. The maximum Gasteiger partial charge on any atom is 0.143 e. The van der Waals surface area contributed by atoms with Crippen molar-refractivity contribution in [2.24, 2.45) is 0 Å². The number of hydrogen-bond acceptors (Lipinski definition) is 1. The first kappa shape index (κ1) is 23.3. The zero-order valence-corrected chi connectivity index (χ0v) is 22.9. The first-order valence-electron chi connectivity index (χ1n) is 14.5. The predicted octanol–water partition coefficient (Wildman–Crippen LogP) is 10.6. The molecule has 2 aliphatic rings. The molecule has 9 rings (SSSR count). The lowest BCUT2D eigenvalue weighted by Gasteiger charge is -2.34. The lowest BCUT2D eigenvalue weighted by atomic mass is 9.67. The third-order valence-corrected chi connectivity index (χ3v) is 9.16. The molecule has 0 saturated heterocycles. The van der Waals surface area contributed by atoms with Gasteiger partial charge in [-0.3, -0.25) is 0 Å². The topological polar surface area (TPSA) is 9.23 Å². The van der Waals surface area contributed by atoms with Crippen molar-refractivity contribution in [1.82, 2.24) is 0 Å². The molecule has 0 amide bonds. The summed E-state index contributed by atoms with van der Waals surface area (Å²) < 4.78 is 6.74. The van der Waals surface area contributed by atoms with Crippen molar-refractivity contribution >= 4 is 10.8 Å². The Labute approximate surface area is 245 Å². The fourth-order valence-electron chi connectivity index (χ4n) is 7.40. The maximum atomic E-state index is 6.74. The molecule has 7 aromatic rings. The van der Waals surface area contributed by atoms with Gasteiger partial charge in [-0.1, -0.05) is 140 Å². The summed E-state index contributed by atoms with van der Waals surface area (Å²) in [5.74, 6) is 1.84. The van der Waals surface area contributed by atoms with E-state index in [0.29, 0.717) is 0 Å². The molecule has 1 nitrogen and oxygen atoms in total. The van der Waals surface area contributed by atoms with E-state index < -0.39 is 5.41 Å². The van der Waals surface area contributed by atoms with Gasteiger partial charge in [-0.15, -0.1) is 0 Å². The molecule has 0 bridgehead atoms. The summed E-state index contributed by atoms with van der Waals surface area (Å²) in [6.07, 6.45) is 0. The highest BCUT2D eigenvalue weighted by molar-refractivity contribution is 6.07. The number of rotatable bonds is 3. The van der Waals surface area contributed by atoms with E-state index in [9.17, 15) is 0 Å². The predicted molar refractivity (Wildman–Crippen MR) is 172 cm³/mol. The monoisotopic (exact) mass is 534 g/mol. The Bertz CT molecular complexity index is 2120. The van der Waals surface area contributed by atoms with Crippen LogP contribution in [-0.4, -0.2) is 0 Å². The van der Waals surface area contributed by atoms with Gasteiger partial charge in [0.25, 0.3) is 0 Å². The van der Waals surface area contributed by atoms with E-state index >= 15 is 0 Å². The van der Waals surface area contributed by atoms with Crippen molar-refractivity contribution in [3.05, 3.63) is 180 Å². The van der Waals surface area contributed by atoms with Crippen molar-refractivity contribution in [2.75, 3.05) is 0 Å². The van der Waals surface area contributed by atoms with Crippen LogP contribution in [0.15, 0.2) is 158 Å². The number of para-hydroxylation sites is 1. The summed E-state index contributed by atoms with van der Waals surface area (Å²) in [4.78, 5) is 0. The number of benzene rings is 7. The highest BCUT2D eigenvalue weighted by Gasteiger charge is 2.46. The van der Waals surface area contributed by atoms with Crippen molar-refractivity contribution < 1.29 is 4.74 Å². The van der Waals surface area contributed by atoms with Crippen LogP contribution in [0.25, 0.3) is 44.2 Å². The van der Waals surface area contributed by atoms with E-state index in [-0.39, 0.29) is 0 Å². The van der Waals surface area contributed by atoms with Crippen LogP contribution in [0.1, 0.15) is 22.3 Å². The Morgan fingerprint density at radius 2 is 1.02 bits per heavy atom. The largest absolute Gasteiger partial charge is 0.455 e. The quantitative estimate of drug-likeness (QED) is 0.219. The third kappa shape index (κ3) is 3.08. The second-order valence-corrected chi connectivity index (χ2v) is 11.2. The van der Waals surface area contributed by atoms with Gasteiger partial charge in [0.2, 0.25) is 0 Å². The standard InChI is InChI=1S/C41H26O/c1-3-13-29(14-4-1)41(30-15-5-2-6-16-30)36-20-9-7-17-32(36)33-25-23-28(26-37(33)41)31-24-22-27-12-11-19-35-34-18-8-10-21-38(34)42-40(31)39(27)35/h1-26H. The summed E-state index contributed by atoms with van der Waals surface area (Å²) in [5, 5.41) is 2.37. The molecule has 0 atom stereocenters.